The molecule has 2 fully saturated rings. The van der Waals surface area contributed by atoms with Gasteiger partial charge in [0.05, 0.1) is 53.2 Å². The number of carbonyl (C=O) groups is 1. The number of nitriles is 1. The zero-order valence-corrected chi connectivity index (χ0v) is 24.1. The zero-order chi connectivity index (χ0) is 31.9. The third kappa shape index (κ3) is 5.44. The van der Waals surface area contributed by atoms with Gasteiger partial charge in [0.2, 0.25) is 5.88 Å². The Morgan fingerprint density at radius 2 is 1.85 bits per heavy atom. The van der Waals surface area contributed by atoms with Gasteiger partial charge in [-0.2, -0.15) is 5.26 Å². The first-order valence-corrected chi connectivity index (χ1v) is 14.5. The van der Waals surface area contributed by atoms with Crippen LogP contribution < -0.4 is 4.74 Å². The van der Waals surface area contributed by atoms with E-state index >= 15 is 8.78 Å². The molecule has 0 unspecified atom stereocenters. The molecule has 9 nitrogen and oxygen atoms in total. The van der Waals surface area contributed by atoms with Crippen molar-refractivity contribution in [3.8, 4) is 23.2 Å². The average Bonchev–Trinajstić information content (AvgIpc) is 3.77. The number of benzene rings is 3. The second-order valence-corrected chi connectivity index (χ2v) is 11.2. The predicted octanol–water partition coefficient (Wildman–Crippen LogP) is 6.19. The van der Waals surface area contributed by atoms with Gasteiger partial charge in [-0.05, 0) is 60.5 Å². The average molecular weight is 627 g/mol. The van der Waals surface area contributed by atoms with Gasteiger partial charge in [0.25, 0.3) is 0 Å². The van der Waals surface area contributed by atoms with E-state index in [0.717, 1.165) is 24.6 Å². The summed E-state index contributed by atoms with van der Waals surface area (Å²) >= 11 is 0. The standard InChI is InChI=1S/C34H25F3N4O5/c35-24-10-18(15-38)4-5-20(24)16-45-32-3-1-2-27(40-32)23-14-25(36)21(11-26(23)37)13-31-39-28-7-6-19(33(42)43)12-29(28)41(31)30-17-46-34-22(30)8-9-44-34/h1-7,10-12,14,22,30,34H,8-9,13,16-17H2,(H,42,43)/t22-,30-,34+/m0/s1. The number of carboxylic acid groups (broad SMARTS) is 1. The number of carboxylic acids is 1. The molecule has 3 atom stereocenters. The number of aromatic nitrogens is 3. The first kappa shape index (κ1) is 29.5. The molecule has 3 aromatic carbocycles. The number of nitrogens with zero attached hydrogens (tertiary/aromatic N) is 4. The number of ether oxygens (including phenoxy) is 3. The Balaban J connectivity index is 1.18. The van der Waals surface area contributed by atoms with Crippen LogP contribution in [0.15, 0.2) is 66.7 Å². The first-order valence-electron chi connectivity index (χ1n) is 14.5. The topological polar surface area (TPSA) is 119 Å². The molecular weight excluding hydrogens is 601 g/mol. The van der Waals surface area contributed by atoms with E-state index < -0.39 is 23.4 Å². The SMILES string of the molecule is N#Cc1ccc(COc2cccc(-c3cc(F)c(Cc4nc5ccc(C(=O)O)cc5n4[C@H]4CO[C@H]5OCC[C@H]54)cc3F)n2)c(F)c1. The highest BCUT2D eigenvalue weighted by molar-refractivity contribution is 5.92. The molecule has 2 aliphatic rings. The van der Waals surface area contributed by atoms with E-state index in [1.54, 1.807) is 12.1 Å². The van der Waals surface area contributed by atoms with Crippen molar-refractivity contribution in [3.05, 3.63) is 112 Å². The van der Waals surface area contributed by atoms with E-state index in [2.05, 4.69) is 4.98 Å². The highest BCUT2D eigenvalue weighted by Gasteiger charge is 2.43. The number of hydrogen-bond donors (Lipinski definition) is 1. The van der Waals surface area contributed by atoms with Crippen LogP contribution in [0.3, 0.4) is 0 Å². The van der Waals surface area contributed by atoms with Gasteiger partial charge in [-0.15, -0.1) is 0 Å². The summed E-state index contributed by atoms with van der Waals surface area (Å²) in [6.45, 7) is 0.656. The van der Waals surface area contributed by atoms with Gasteiger partial charge < -0.3 is 23.9 Å². The highest BCUT2D eigenvalue weighted by Crippen LogP contribution is 2.41. The Labute approximate surface area is 260 Å². The Morgan fingerprint density at radius 3 is 2.65 bits per heavy atom. The second kappa shape index (κ2) is 11.9. The molecule has 7 rings (SSSR count). The van der Waals surface area contributed by atoms with E-state index in [1.165, 1.54) is 36.4 Å². The van der Waals surface area contributed by atoms with Crippen LogP contribution in [0.2, 0.25) is 0 Å². The maximum atomic E-state index is 15.7. The molecule has 0 saturated carbocycles. The molecule has 46 heavy (non-hydrogen) atoms. The molecule has 232 valence electrons. The van der Waals surface area contributed by atoms with Crippen molar-refractivity contribution in [1.82, 2.24) is 14.5 Å². The van der Waals surface area contributed by atoms with Gasteiger partial charge in [0, 0.05) is 29.5 Å². The molecule has 0 bridgehead atoms. The summed E-state index contributed by atoms with van der Waals surface area (Å²) < 4.78 is 64.6. The third-order valence-corrected chi connectivity index (χ3v) is 8.39. The van der Waals surface area contributed by atoms with Gasteiger partial charge in [-0.1, -0.05) is 12.1 Å². The van der Waals surface area contributed by atoms with Gasteiger partial charge in [-0.25, -0.2) is 27.9 Å². The van der Waals surface area contributed by atoms with Crippen molar-refractivity contribution < 1.29 is 37.3 Å². The molecule has 5 aromatic rings. The zero-order valence-electron chi connectivity index (χ0n) is 24.1. The number of hydrogen-bond acceptors (Lipinski definition) is 7. The quantitative estimate of drug-likeness (QED) is 0.217. The highest BCUT2D eigenvalue weighted by atomic mass is 19.1. The fourth-order valence-corrected chi connectivity index (χ4v) is 6.10. The number of aromatic carboxylic acids is 1. The normalized spacial score (nSPS) is 18.9. The molecule has 4 heterocycles. The number of rotatable bonds is 8. The molecule has 2 aromatic heterocycles. The lowest BCUT2D eigenvalue weighted by molar-refractivity contribution is -0.0905. The number of halogens is 3. The Morgan fingerprint density at radius 1 is 1.00 bits per heavy atom. The minimum absolute atomic E-state index is 0.00238. The Kier molecular flexibility index (Phi) is 7.64. The number of pyridine rings is 1. The predicted molar refractivity (Wildman–Crippen MR) is 157 cm³/mol. The van der Waals surface area contributed by atoms with E-state index in [9.17, 15) is 14.3 Å². The van der Waals surface area contributed by atoms with Gasteiger partial charge in [-0.3, -0.25) is 0 Å². The lowest BCUT2D eigenvalue weighted by atomic mass is 9.99. The summed E-state index contributed by atoms with van der Waals surface area (Å²) in [5, 5.41) is 18.5. The fraction of sp³-hybridized carbons (Fsp3) is 0.235. The first-order chi connectivity index (χ1) is 22.3. The van der Waals surface area contributed by atoms with Crippen LogP contribution in [-0.4, -0.2) is 45.1 Å². The van der Waals surface area contributed by atoms with Crippen molar-refractivity contribution in [1.29, 1.82) is 5.26 Å². The monoisotopic (exact) mass is 626 g/mol. The molecular formula is C34H25F3N4O5. The molecule has 2 aliphatic heterocycles. The van der Waals surface area contributed by atoms with Crippen molar-refractivity contribution in [2.45, 2.75) is 31.8 Å². The minimum atomic E-state index is -1.09. The lowest BCUT2D eigenvalue weighted by Crippen LogP contribution is -2.21. The van der Waals surface area contributed by atoms with Crippen LogP contribution >= 0.6 is 0 Å². The fourth-order valence-electron chi connectivity index (χ4n) is 6.10. The van der Waals surface area contributed by atoms with E-state index in [4.69, 9.17) is 24.5 Å². The van der Waals surface area contributed by atoms with Crippen molar-refractivity contribution >= 4 is 17.0 Å². The molecule has 1 N–H and O–H groups in total. The van der Waals surface area contributed by atoms with Crippen LogP contribution in [0.4, 0.5) is 13.2 Å². The maximum absolute atomic E-state index is 15.7. The summed E-state index contributed by atoms with van der Waals surface area (Å²) in [6.07, 6.45) is 0.284. The van der Waals surface area contributed by atoms with E-state index in [-0.39, 0.29) is 70.7 Å². The molecule has 12 heteroatoms. The molecule has 0 amide bonds. The van der Waals surface area contributed by atoms with Crippen molar-refractivity contribution in [3.63, 3.8) is 0 Å². The molecule has 0 spiro atoms. The third-order valence-electron chi connectivity index (χ3n) is 8.39. The molecule has 0 radical (unpaired) electrons. The second-order valence-electron chi connectivity index (χ2n) is 11.2. The Hall–Kier alpha value is -5.25. The van der Waals surface area contributed by atoms with Crippen LogP contribution in [0.1, 0.15) is 45.3 Å². The number of fused-ring (bicyclic) bond motifs is 2. The van der Waals surface area contributed by atoms with Crippen LogP contribution in [0.5, 0.6) is 5.88 Å². The summed E-state index contributed by atoms with van der Waals surface area (Å²) in [7, 11) is 0. The van der Waals surface area contributed by atoms with Crippen LogP contribution in [0, 0.1) is 34.7 Å². The van der Waals surface area contributed by atoms with Crippen molar-refractivity contribution in [2.75, 3.05) is 13.2 Å². The molecule has 2 saturated heterocycles. The number of imidazole rings is 1. The minimum Gasteiger partial charge on any atom is -0.478 e. The lowest BCUT2D eigenvalue weighted by Gasteiger charge is -2.21. The van der Waals surface area contributed by atoms with Crippen molar-refractivity contribution in [2.24, 2.45) is 5.92 Å². The Bertz CT molecular complexity index is 2040. The smallest absolute Gasteiger partial charge is 0.335 e. The molecule has 0 aliphatic carbocycles. The summed E-state index contributed by atoms with van der Waals surface area (Å²) in [5.74, 6) is -2.58. The van der Waals surface area contributed by atoms with Crippen LogP contribution in [-0.2, 0) is 22.5 Å². The van der Waals surface area contributed by atoms with Gasteiger partial charge in [0.15, 0.2) is 6.29 Å². The van der Waals surface area contributed by atoms with Gasteiger partial charge in [0.1, 0.15) is 29.9 Å². The summed E-state index contributed by atoms with van der Waals surface area (Å²) in [5.41, 5.74) is 1.64. The van der Waals surface area contributed by atoms with Gasteiger partial charge >= 0.3 is 5.97 Å². The summed E-state index contributed by atoms with van der Waals surface area (Å²) in [4.78, 5) is 20.7. The van der Waals surface area contributed by atoms with Crippen LogP contribution in [0.25, 0.3) is 22.3 Å². The summed E-state index contributed by atoms with van der Waals surface area (Å²) in [6, 6.07) is 17.0. The van der Waals surface area contributed by atoms with E-state index in [0.29, 0.717) is 30.1 Å². The van der Waals surface area contributed by atoms with E-state index in [1.807, 2.05) is 10.6 Å². The maximum Gasteiger partial charge on any atom is 0.335 e. The largest absolute Gasteiger partial charge is 0.478 e.